The lowest BCUT2D eigenvalue weighted by Crippen LogP contribution is -2.61. The van der Waals surface area contributed by atoms with E-state index in [2.05, 4.69) is 0 Å². The molecule has 3 aliphatic rings. The molecule has 0 unspecified atom stereocenters. The van der Waals surface area contributed by atoms with Gasteiger partial charge in [-0.05, 0) is 140 Å². The zero-order chi connectivity index (χ0) is 78.9. The SMILES string of the molecule is [2H]c1c([2H])c2c3c(c1[2H])-n1c4c([2H])c([2H])c([2H])c([2H])c4c4c([2H])c([2H])c([2H])c(c41)N3c1c([2H])c(C#N)c([2H])c3c1B2c1c([2H])c([2H])c(-n2c4c([2H])c([2H])c(C(C)(C)C)c([2H])c4c4c([2H])c(C(C)(C)C)c([2H])c([2H])c42)c([2H])c1N3c1c([2H])c([2H])c(-c2c([2H])c([2H])c([2H])c3oc4c([2H])c([2H])c([2H])c([2H])c4c23)c([2H])c1[2H]. The lowest BCUT2D eigenvalue weighted by atomic mass is 9.33. The molecule has 6 nitrogen and oxygen atoms in total. The Kier molecular flexibility index (Phi) is 4.39. The average Bonchev–Trinajstić information content (AvgIpc) is 1.15. The van der Waals surface area contributed by atoms with Crippen molar-refractivity contribution in [2.75, 3.05) is 9.80 Å². The van der Waals surface area contributed by atoms with Gasteiger partial charge in [0.05, 0.1) is 94.6 Å². The number of benzene rings is 10. The van der Waals surface area contributed by atoms with Crippen LogP contribution in [0.1, 0.15) is 102 Å². The van der Waals surface area contributed by atoms with Crippen molar-refractivity contribution in [2.24, 2.45) is 0 Å². The second-order valence-corrected chi connectivity index (χ2v) is 20.7. The number of hydrogen-bond acceptors (Lipinski definition) is 4. The molecule has 0 atom stereocenters. The summed E-state index contributed by atoms with van der Waals surface area (Å²) in [6.07, 6.45) is 0. The summed E-state index contributed by atoms with van der Waals surface area (Å²) in [5.41, 5.74) is -15.7. The molecule has 0 aliphatic carbocycles. The van der Waals surface area contributed by atoms with E-state index in [-0.39, 0.29) is 21.9 Å². The van der Waals surface area contributed by atoms with Crippen molar-refractivity contribution in [3.05, 3.63) is 210 Å². The summed E-state index contributed by atoms with van der Waals surface area (Å²) in [5, 5.41) is 9.12. The number of rotatable bonds is 3. The largest absolute Gasteiger partial charge is 0.456 e. The molecule has 3 aliphatic heterocycles. The molecule has 0 spiro atoms. The molecule has 16 rings (SSSR count). The first-order valence-corrected chi connectivity index (χ1v) is 23.9. The van der Waals surface area contributed by atoms with E-state index in [1.165, 1.54) is 0 Å². The highest BCUT2D eigenvalue weighted by molar-refractivity contribution is 7.00. The van der Waals surface area contributed by atoms with Crippen LogP contribution in [-0.2, 0) is 10.8 Å². The summed E-state index contributed by atoms with van der Waals surface area (Å²) in [4.78, 5) is 1.71. The number of anilines is 6. The summed E-state index contributed by atoms with van der Waals surface area (Å²) in [6, 6.07) is -26.3. The van der Waals surface area contributed by atoms with E-state index >= 15 is 0 Å². The van der Waals surface area contributed by atoms with Gasteiger partial charge < -0.3 is 23.4 Å². The van der Waals surface area contributed by atoms with Gasteiger partial charge in [-0.25, -0.2) is 0 Å². The van der Waals surface area contributed by atoms with Gasteiger partial charge in [0, 0.05) is 60.8 Å². The summed E-state index contributed by atoms with van der Waals surface area (Å²) < 4.78 is 319. The van der Waals surface area contributed by atoms with E-state index in [9.17, 15) is 38.2 Å². The first-order chi connectivity index (χ1) is 50.3. The van der Waals surface area contributed by atoms with Crippen LogP contribution in [-0.4, -0.2) is 15.8 Å². The standard InChI is InChI=1S/C69H50BN5O/c1-68(2,3)42-26-32-55-50(36-42)51-37-43(69(4,5)6)27-33-56(51)73(55)45-30-31-52-59(38-45)72(44-28-24-41(25-29-44)46-16-12-23-63-64(46)49-15-8-10-22-62(49)76-63)60-34-40(39-71)35-61-65(60)70(52)53-18-13-21-58-67(53)75(61)57-20-11-17-48-47-14-7-9-19-54(47)74(58)66(48)57/h7-38H,1-6H3/i7D,8D,9D,10D,11D,12D,13D,14D,15D,16D,17D,18D,19D,20D,21D,22D,23D,24D,25D,26D,27D,28D,29D,30D,31D,32D,33D,34D,35D,36D,37D,38D. The van der Waals surface area contributed by atoms with Crippen LogP contribution in [0.15, 0.2) is 198 Å². The van der Waals surface area contributed by atoms with Crippen LogP contribution in [0.2, 0.25) is 0 Å². The zero-order valence-electron chi connectivity index (χ0n) is 72.7. The Morgan fingerprint density at radius 2 is 1.09 bits per heavy atom. The fraction of sp³-hybridized carbons (Fsp3) is 0.116. The number of aromatic nitrogens is 2. The van der Waals surface area contributed by atoms with Gasteiger partial charge in [-0.2, -0.15) is 5.26 Å². The highest BCUT2D eigenvalue weighted by Crippen LogP contribution is 2.53. The van der Waals surface area contributed by atoms with E-state index < -0.39 is 344 Å². The highest BCUT2D eigenvalue weighted by atomic mass is 16.3. The molecule has 0 saturated heterocycles. The van der Waals surface area contributed by atoms with Crippen molar-refractivity contribution >= 4 is 123 Å². The Morgan fingerprint density at radius 1 is 0.474 bits per heavy atom. The molecule has 0 radical (unpaired) electrons. The van der Waals surface area contributed by atoms with E-state index in [0.29, 0.717) is 4.90 Å². The van der Waals surface area contributed by atoms with Crippen LogP contribution in [0.4, 0.5) is 34.1 Å². The summed E-state index contributed by atoms with van der Waals surface area (Å²) in [6.45, 7) is 7.83. The first kappa shape index (κ1) is 22.3. The lowest BCUT2D eigenvalue weighted by molar-refractivity contribution is 0.590. The second kappa shape index (κ2) is 15.0. The molecule has 6 heterocycles. The Morgan fingerprint density at radius 3 is 1.83 bits per heavy atom. The van der Waals surface area contributed by atoms with Crippen molar-refractivity contribution < 1.29 is 48.3 Å². The predicted molar refractivity (Wildman–Crippen MR) is 318 cm³/mol. The number of furan rings is 1. The Balaban J connectivity index is 1.16. The number of fused-ring (bicyclic) bond motifs is 15. The fourth-order valence-electron chi connectivity index (χ4n) is 10.8. The van der Waals surface area contributed by atoms with Gasteiger partial charge in [0.25, 0.3) is 6.71 Å². The van der Waals surface area contributed by atoms with Gasteiger partial charge in [0.2, 0.25) is 0 Å². The summed E-state index contributed by atoms with van der Waals surface area (Å²) in [5.74, 6) is 0. The third-order valence-corrected chi connectivity index (χ3v) is 14.2. The topological polar surface area (TPSA) is 53.3 Å². The summed E-state index contributed by atoms with van der Waals surface area (Å²) in [7, 11) is 0. The minimum atomic E-state index is -2.14. The van der Waals surface area contributed by atoms with Crippen LogP contribution in [0, 0.1) is 11.3 Å². The number of nitriles is 1. The Labute approximate surface area is 485 Å². The van der Waals surface area contributed by atoms with Crippen LogP contribution < -0.4 is 26.2 Å². The molecule has 13 aromatic rings. The summed E-state index contributed by atoms with van der Waals surface area (Å²) >= 11 is 0. The van der Waals surface area contributed by atoms with Crippen molar-refractivity contribution in [2.45, 2.75) is 52.4 Å². The van der Waals surface area contributed by atoms with E-state index in [1.54, 1.807) is 41.5 Å². The molecule has 360 valence electrons. The molecule has 0 N–H and O–H groups in total. The maximum atomic E-state index is 11.6. The normalized spacial score (nSPS) is 19.5. The average molecular weight is 1010 g/mol. The maximum absolute atomic E-state index is 11.6. The minimum Gasteiger partial charge on any atom is -0.456 e. The zero-order valence-corrected chi connectivity index (χ0v) is 40.7. The van der Waals surface area contributed by atoms with Crippen molar-refractivity contribution in [1.29, 1.82) is 5.26 Å². The number of nitrogens with zero attached hydrogens (tertiary/aromatic N) is 5. The molecular weight excluding hydrogens is 926 g/mol. The smallest absolute Gasteiger partial charge is 0.252 e. The van der Waals surface area contributed by atoms with E-state index in [4.69, 9.17) is 15.4 Å². The molecule has 7 heteroatoms. The lowest BCUT2D eigenvalue weighted by Gasteiger charge is -2.46. The molecule has 0 amide bonds. The first-order valence-electron chi connectivity index (χ1n) is 39.9. The van der Waals surface area contributed by atoms with Crippen LogP contribution >= 0.6 is 0 Å². The second-order valence-electron chi connectivity index (χ2n) is 20.7. The molecule has 76 heavy (non-hydrogen) atoms. The predicted octanol–water partition coefficient (Wildman–Crippen LogP) is 16.3. The number of hydrogen-bond donors (Lipinski definition) is 0. The molecule has 10 aromatic carbocycles. The van der Waals surface area contributed by atoms with Gasteiger partial charge in [0.15, 0.2) is 0 Å². The Hall–Kier alpha value is -9.25. The monoisotopic (exact) mass is 1010 g/mol. The van der Waals surface area contributed by atoms with E-state index in [0.717, 1.165) is 14.0 Å². The van der Waals surface area contributed by atoms with E-state index in [1.807, 2.05) is 6.07 Å². The molecule has 0 saturated carbocycles. The highest BCUT2D eigenvalue weighted by Gasteiger charge is 2.46. The molecule has 0 fully saturated rings. The van der Waals surface area contributed by atoms with Gasteiger partial charge in [0.1, 0.15) is 11.2 Å². The van der Waals surface area contributed by atoms with Crippen molar-refractivity contribution in [3.8, 4) is 28.6 Å². The fourth-order valence-corrected chi connectivity index (χ4v) is 10.8. The molecule has 0 bridgehead atoms. The van der Waals surface area contributed by atoms with Gasteiger partial charge in [-0.3, -0.25) is 0 Å². The Bertz CT molecular complexity index is 6600. The third kappa shape index (κ3) is 5.76. The number of para-hydroxylation sites is 4. The van der Waals surface area contributed by atoms with Gasteiger partial charge >= 0.3 is 0 Å². The quantitative estimate of drug-likeness (QED) is 0.166. The maximum Gasteiger partial charge on any atom is 0.252 e. The van der Waals surface area contributed by atoms with Crippen molar-refractivity contribution in [1.82, 2.24) is 9.13 Å². The van der Waals surface area contributed by atoms with Crippen LogP contribution in [0.25, 0.3) is 88.1 Å². The molecular formula is C69H50BN5O. The van der Waals surface area contributed by atoms with Crippen molar-refractivity contribution in [3.63, 3.8) is 0 Å². The van der Waals surface area contributed by atoms with Gasteiger partial charge in [-0.15, -0.1) is 0 Å². The van der Waals surface area contributed by atoms with Crippen LogP contribution in [0.3, 0.4) is 0 Å². The molecule has 3 aromatic heterocycles. The van der Waals surface area contributed by atoms with Crippen LogP contribution in [0.5, 0.6) is 0 Å². The third-order valence-electron chi connectivity index (χ3n) is 14.2. The minimum absolute atomic E-state index is 0.0312. The van der Waals surface area contributed by atoms with Gasteiger partial charge in [-0.1, -0.05) is 144 Å².